The number of thiophene rings is 1. The molecule has 0 saturated heterocycles. The van der Waals surface area contributed by atoms with Crippen molar-refractivity contribution in [2.24, 2.45) is 0 Å². The summed E-state index contributed by atoms with van der Waals surface area (Å²) in [5.41, 5.74) is 0.396. The fourth-order valence-electron chi connectivity index (χ4n) is 1.00. The molecule has 1 rings (SSSR count). The van der Waals surface area contributed by atoms with E-state index >= 15 is 0 Å². The first-order valence-electron chi connectivity index (χ1n) is 3.57. The number of hydrogen-bond acceptors (Lipinski definition) is 1. The van der Waals surface area contributed by atoms with Crippen LogP contribution < -0.4 is 0 Å². The summed E-state index contributed by atoms with van der Waals surface area (Å²) < 4.78 is 36.8. The molecule has 1 heterocycles. The first kappa shape index (κ1) is 9.58. The highest BCUT2D eigenvalue weighted by molar-refractivity contribution is 7.10. The summed E-state index contributed by atoms with van der Waals surface area (Å²) in [6.07, 6.45) is -4.19. The number of rotatable bonds is 1. The van der Waals surface area contributed by atoms with Crippen LogP contribution in [0.1, 0.15) is 30.2 Å². The molecule has 1 aromatic heterocycles. The first-order valence-corrected chi connectivity index (χ1v) is 4.45. The molecule has 0 aliphatic rings. The minimum Gasteiger partial charge on any atom is -0.165 e. The van der Waals surface area contributed by atoms with Gasteiger partial charge in [-0.15, -0.1) is 11.3 Å². The molecular weight excluding hydrogens is 185 g/mol. The van der Waals surface area contributed by atoms with Gasteiger partial charge in [-0.1, -0.05) is 13.8 Å². The van der Waals surface area contributed by atoms with Crippen LogP contribution in [0.2, 0.25) is 0 Å². The highest BCUT2D eigenvalue weighted by Gasteiger charge is 2.35. The Kier molecular flexibility index (Phi) is 2.46. The third kappa shape index (κ3) is 1.80. The van der Waals surface area contributed by atoms with Gasteiger partial charge in [0.2, 0.25) is 0 Å². The molecule has 0 saturated carbocycles. The molecule has 0 spiro atoms. The van der Waals surface area contributed by atoms with E-state index in [1.165, 1.54) is 11.4 Å². The molecule has 0 N–H and O–H groups in total. The van der Waals surface area contributed by atoms with Crippen molar-refractivity contribution in [2.45, 2.75) is 25.9 Å². The third-order valence-electron chi connectivity index (χ3n) is 1.58. The Morgan fingerprint density at radius 2 is 1.92 bits per heavy atom. The van der Waals surface area contributed by atoms with Gasteiger partial charge in [-0.3, -0.25) is 0 Å². The average Bonchev–Trinajstić information content (AvgIpc) is 2.30. The van der Waals surface area contributed by atoms with Crippen LogP contribution in [0.3, 0.4) is 0 Å². The van der Waals surface area contributed by atoms with Gasteiger partial charge in [0, 0.05) is 0 Å². The Balaban J connectivity index is 3.08. The Morgan fingerprint density at radius 3 is 2.25 bits per heavy atom. The second-order valence-electron chi connectivity index (χ2n) is 2.86. The van der Waals surface area contributed by atoms with Crippen LogP contribution in [0.5, 0.6) is 0 Å². The lowest BCUT2D eigenvalue weighted by Crippen LogP contribution is -2.05. The van der Waals surface area contributed by atoms with E-state index in [4.69, 9.17) is 0 Å². The second kappa shape index (κ2) is 3.09. The molecule has 4 heteroatoms. The molecule has 0 aliphatic heterocycles. The zero-order valence-electron chi connectivity index (χ0n) is 6.77. The van der Waals surface area contributed by atoms with Crippen molar-refractivity contribution < 1.29 is 13.2 Å². The lowest BCUT2D eigenvalue weighted by Gasteiger charge is -2.09. The van der Waals surface area contributed by atoms with E-state index in [1.54, 1.807) is 13.8 Å². The van der Waals surface area contributed by atoms with Gasteiger partial charge in [0.15, 0.2) is 0 Å². The van der Waals surface area contributed by atoms with Crippen molar-refractivity contribution in [3.05, 3.63) is 21.9 Å². The van der Waals surface area contributed by atoms with Gasteiger partial charge >= 0.3 is 6.18 Å². The smallest absolute Gasteiger partial charge is 0.165 e. The maximum Gasteiger partial charge on any atom is 0.425 e. The van der Waals surface area contributed by atoms with Crippen molar-refractivity contribution >= 4 is 11.3 Å². The maximum absolute atomic E-state index is 12.3. The van der Waals surface area contributed by atoms with Crippen LogP contribution in [0.15, 0.2) is 11.4 Å². The average molecular weight is 194 g/mol. The van der Waals surface area contributed by atoms with Crippen LogP contribution in [0, 0.1) is 0 Å². The molecule has 1 aromatic rings. The van der Waals surface area contributed by atoms with E-state index in [9.17, 15) is 13.2 Å². The van der Waals surface area contributed by atoms with Crippen LogP contribution in [0.25, 0.3) is 0 Å². The Hall–Kier alpha value is -0.510. The fraction of sp³-hybridized carbons (Fsp3) is 0.500. The summed E-state index contributed by atoms with van der Waals surface area (Å²) in [5, 5.41) is 1.48. The topological polar surface area (TPSA) is 0 Å². The van der Waals surface area contributed by atoms with Gasteiger partial charge in [0.05, 0.1) is 0 Å². The van der Waals surface area contributed by atoms with Crippen LogP contribution in [-0.2, 0) is 6.18 Å². The predicted molar refractivity (Wildman–Crippen MR) is 43.4 cm³/mol. The largest absolute Gasteiger partial charge is 0.425 e. The van der Waals surface area contributed by atoms with Gasteiger partial charge in [-0.25, -0.2) is 0 Å². The van der Waals surface area contributed by atoms with E-state index < -0.39 is 11.1 Å². The molecule has 0 unspecified atom stereocenters. The van der Waals surface area contributed by atoms with E-state index in [0.29, 0.717) is 5.56 Å². The quantitative estimate of drug-likeness (QED) is 0.636. The zero-order valence-corrected chi connectivity index (χ0v) is 7.59. The van der Waals surface area contributed by atoms with Gasteiger partial charge in [-0.05, 0) is 22.9 Å². The summed E-state index contributed by atoms with van der Waals surface area (Å²) in [6.45, 7) is 3.52. The lowest BCUT2D eigenvalue weighted by molar-refractivity contribution is -0.135. The van der Waals surface area contributed by atoms with E-state index in [2.05, 4.69) is 0 Å². The van der Waals surface area contributed by atoms with Gasteiger partial charge in [-0.2, -0.15) is 13.2 Å². The zero-order chi connectivity index (χ0) is 9.35. The van der Waals surface area contributed by atoms with Crippen molar-refractivity contribution in [1.29, 1.82) is 0 Å². The Labute approximate surface area is 73.0 Å². The Bertz CT molecular complexity index is 260. The minimum absolute atomic E-state index is 0.0622. The van der Waals surface area contributed by atoms with E-state index in [0.717, 1.165) is 11.3 Å². The molecule has 0 aliphatic carbocycles. The normalized spacial score (nSPS) is 12.5. The summed E-state index contributed by atoms with van der Waals surface area (Å²) >= 11 is 0.760. The monoisotopic (exact) mass is 194 g/mol. The van der Waals surface area contributed by atoms with Crippen molar-refractivity contribution in [3.63, 3.8) is 0 Å². The molecule has 0 bridgehead atoms. The summed E-state index contributed by atoms with van der Waals surface area (Å²) in [4.78, 5) is -0.461. The van der Waals surface area contributed by atoms with Crippen molar-refractivity contribution in [3.8, 4) is 0 Å². The summed E-state index contributed by atoms with van der Waals surface area (Å²) in [6, 6.07) is 1.54. The van der Waals surface area contributed by atoms with Gasteiger partial charge in [0.25, 0.3) is 0 Å². The second-order valence-corrected chi connectivity index (χ2v) is 3.77. The number of alkyl halides is 3. The first-order chi connectivity index (χ1) is 5.43. The molecule has 68 valence electrons. The fourth-order valence-corrected chi connectivity index (χ4v) is 1.93. The Morgan fingerprint density at radius 1 is 1.33 bits per heavy atom. The van der Waals surface area contributed by atoms with Crippen molar-refractivity contribution in [1.82, 2.24) is 0 Å². The van der Waals surface area contributed by atoms with Crippen molar-refractivity contribution in [2.75, 3.05) is 0 Å². The minimum atomic E-state index is -4.19. The highest BCUT2D eigenvalue weighted by atomic mass is 32.1. The summed E-state index contributed by atoms with van der Waals surface area (Å²) in [7, 11) is 0. The third-order valence-corrected chi connectivity index (χ3v) is 2.55. The van der Waals surface area contributed by atoms with Crippen LogP contribution >= 0.6 is 11.3 Å². The predicted octanol–water partition coefficient (Wildman–Crippen LogP) is 3.89. The molecule has 12 heavy (non-hydrogen) atoms. The molecular formula is C8H9F3S. The molecule has 0 fully saturated rings. The molecule has 0 nitrogen and oxygen atoms in total. The standard InChI is InChI=1S/C8H9F3S/c1-5(2)6-3-4-12-7(6)8(9,10)11/h3-5H,1-2H3. The van der Waals surface area contributed by atoms with Gasteiger partial charge < -0.3 is 0 Å². The highest BCUT2D eigenvalue weighted by Crippen LogP contribution is 2.38. The lowest BCUT2D eigenvalue weighted by atomic mass is 10.0. The van der Waals surface area contributed by atoms with Crippen LogP contribution in [-0.4, -0.2) is 0 Å². The maximum atomic E-state index is 12.3. The SMILES string of the molecule is CC(C)c1ccsc1C(F)(F)F. The number of halogens is 3. The summed E-state index contributed by atoms with van der Waals surface area (Å²) in [5.74, 6) is -0.0622. The van der Waals surface area contributed by atoms with E-state index in [-0.39, 0.29) is 5.92 Å². The number of hydrogen-bond donors (Lipinski definition) is 0. The molecule has 0 radical (unpaired) electrons. The van der Waals surface area contributed by atoms with Crippen LogP contribution in [0.4, 0.5) is 13.2 Å². The van der Waals surface area contributed by atoms with Gasteiger partial charge in [0.1, 0.15) is 4.88 Å². The molecule has 0 aromatic carbocycles. The molecule has 0 atom stereocenters. The molecule has 0 amide bonds. The van der Waals surface area contributed by atoms with E-state index in [1.807, 2.05) is 0 Å².